The Morgan fingerprint density at radius 3 is 2.58 bits per heavy atom. The van der Waals surface area contributed by atoms with Crippen LogP contribution in [0.1, 0.15) is 32.6 Å². The number of hydrogen-bond donors (Lipinski definition) is 2. The lowest BCUT2D eigenvalue weighted by Crippen LogP contribution is -2.48. The van der Waals surface area contributed by atoms with Crippen molar-refractivity contribution in [2.24, 2.45) is 0 Å². The van der Waals surface area contributed by atoms with Crippen molar-refractivity contribution < 1.29 is 19.4 Å². The summed E-state index contributed by atoms with van der Waals surface area (Å²) in [5.74, 6) is -0.714. The van der Waals surface area contributed by atoms with Crippen molar-refractivity contribution in [2.75, 3.05) is 26.8 Å². The highest BCUT2D eigenvalue weighted by Gasteiger charge is 2.23. The zero-order valence-electron chi connectivity index (χ0n) is 11.7. The van der Waals surface area contributed by atoms with E-state index < -0.39 is 5.97 Å². The average molecular weight is 272 g/mol. The van der Waals surface area contributed by atoms with Crippen molar-refractivity contribution >= 4 is 11.9 Å². The van der Waals surface area contributed by atoms with Crippen LogP contribution >= 0.6 is 0 Å². The van der Waals surface area contributed by atoms with Crippen LogP contribution in [0.25, 0.3) is 0 Å². The van der Waals surface area contributed by atoms with Crippen LogP contribution in [0.3, 0.4) is 0 Å². The molecule has 0 aromatic carbocycles. The number of ether oxygens (including phenoxy) is 1. The SMILES string of the molecule is COCC(=O)N1CCC(NC(C)CCC(=O)O)CC1. The third-order valence-corrected chi connectivity index (χ3v) is 3.43. The fourth-order valence-corrected chi connectivity index (χ4v) is 2.34. The van der Waals surface area contributed by atoms with Gasteiger partial charge in [0.1, 0.15) is 6.61 Å². The number of carboxylic acid groups (broad SMARTS) is 1. The number of carbonyl (C=O) groups excluding carboxylic acids is 1. The lowest BCUT2D eigenvalue weighted by Gasteiger charge is -2.33. The Morgan fingerprint density at radius 2 is 2.05 bits per heavy atom. The lowest BCUT2D eigenvalue weighted by molar-refractivity contribution is -0.138. The first-order valence-corrected chi connectivity index (χ1v) is 6.77. The summed E-state index contributed by atoms with van der Waals surface area (Å²) in [5.41, 5.74) is 0. The predicted molar refractivity (Wildman–Crippen MR) is 70.9 cm³/mol. The molecule has 1 heterocycles. The summed E-state index contributed by atoms with van der Waals surface area (Å²) in [4.78, 5) is 23.9. The second-order valence-electron chi connectivity index (χ2n) is 5.09. The number of carboxylic acids is 1. The van der Waals surface area contributed by atoms with Crippen LogP contribution < -0.4 is 5.32 Å². The highest BCUT2D eigenvalue weighted by Crippen LogP contribution is 2.12. The van der Waals surface area contributed by atoms with Gasteiger partial charge in [-0.1, -0.05) is 0 Å². The third kappa shape index (κ3) is 6.02. The van der Waals surface area contributed by atoms with E-state index in [-0.39, 0.29) is 25.0 Å². The van der Waals surface area contributed by atoms with E-state index >= 15 is 0 Å². The number of aliphatic carboxylic acids is 1. The number of nitrogens with zero attached hydrogens (tertiary/aromatic N) is 1. The van der Waals surface area contributed by atoms with Gasteiger partial charge in [0, 0.05) is 38.7 Å². The maximum Gasteiger partial charge on any atom is 0.303 e. The number of piperidine rings is 1. The molecular weight excluding hydrogens is 248 g/mol. The van der Waals surface area contributed by atoms with Gasteiger partial charge in [0.05, 0.1) is 0 Å². The molecule has 1 saturated heterocycles. The molecule has 6 nitrogen and oxygen atoms in total. The van der Waals surface area contributed by atoms with Gasteiger partial charge in [-0.15, -0.1) is 0 Å². The molecular formula is C13H24N2O4. The molecule has 0 saturated carbocycles. The van der Waals surface area contributed by atoms with E-state index in [2.05, 4.69) is 5.32 Å². The summed E-state index contributed by atoms with van der Waals surface area (Å²) < 4.78 is 4.84. The predicted octanol–water partition coefficient (Wildman–Crippen LogP) is 0.467. The quantitative estimate of drug-likeness (QED) is 0.704. The average Bonchev–Trinajstić information content (AvgIpc) is 2.37. The van der Waals surface area contributed by atoms with E-state index in [0.717, 1.165) is 25.9 Å². The van der Waals surface area contributed by atoms with E-state index in [0.29, 0.717) is 12.5 Å². The highest BCUT2D eigenvalue weighted by atomic mass is 16.5. The molecule has 2 N–H and O–H groups in total. The van der Waals surface area contributed by atoms with Gasteiger partial charge >= 0.3 is 5.97 Å². The first-order valence-electron chi connectivity index (χ1n) is 6.77. The first kappa shape index (κ1) is 15.9. The van der Waals surface area contributed by atoms with Gasteiger partial charge in [0.25, 0.3) is 0 Å². The molecule has 0 aliphatic carbocycles. The molecule has 1 aliphatic rings. The number of hydrogen-bond acceptors (Lipinski definition) is 4. The van der Waals surface area contributed by atoms with Crippen LogP contribution in [0, 0.1) is 0 Å². The number of nitrogens with one attached hydrogen (secondary N) is 1. The minimum absolute atomic E-state index is 0.0416. The van der Waals surface area contributed by atoms with Gasteiger partial charge < -0.3 is 20.1 Å². The number of amides is 1. The monoisotopic (exact) mass is 272 g/mol. The molecule has 1 unspecified atom stereocenters. The number of likely N-dealkylation sites (tertiary alicyclic amines) is 1. The second kappa shape index (κ2) is 8.12. The molecule has 0 spiro atoms. The summed E-state index contributed by atoms with van der Waals surface area (Å²) >= 11 is 0. The van der Waals surface area contributed by atoms with Crippen molar-refractivity contribution in [3.05, 3.63) is 0 Å². The topological polar surface area (TPSA) is 78.9 Å². The summed E-state index contributed by atoms with van der Waals surface area (Å²) in [5, 5.41) is 12.1. The Bertz CT molecular complexity index is 301. The number of carbonyl (C=O) groups is 2. The largest absolute Gasteiger partial charge is 0.481 e. The van der Waals surface area contributed by atoms with Gasteiger partial charge in [-0.3, -0.25) is 9.59 Å². The maximum atomic E-state index is 11.6. The normalized spacial score (nSPS) is 18.3. The van der Waals surface area contributed by atoms with Crippen molar-refractivity contribution in [3.63, 3.8) is 0 Å². The standard InChI is InChI=1S/C13H24N2O4/c1-10(3-4-13(17)18)14-11-5-7-15(8-6-11)12(16)9-19-2/h10-11,14H,3-9H2,1-2H3,(H,17,18). The Morgan fingerprint density at radius 1 is 1.42 bits per heavy atom. The van der Waals surface area contributed by atoms with E-state index in [1.807, 2.05) is 11.8 Å². The minimum Gasteiger partial charge on any atom is -0.481 e. The minimum atomic E-state index is -0.756. The second-order valence-corrected chi connectivity index (χ2v) is 5.09. The number of rotatable bonds is 7. The molecule has 19 heavy (non-hydrogen) atoms. The fourth-order valence-electron chi connectivity index (χ4n) is 2.34. The molecule has 0 radical (unpaired) electrons. The van der Waals surface area contributed by atoms with Crippen molar-refractivity contribution in [1.82, 2.24) is 10.2 Å². The lowest BCUT2D eigenvalue weighted by atomic mass is 10.0. The molecule has 1 aliphatic heterocycles. The summed E-state index contributed by atoms with van der Waals surface area (Å²) in [7, 11) is 1.52. The van der Waals surface area contributed by atoms with Crippen molar-refractivity contribution in [2.45, 2.75) is 44.7 Å². The van der Waals surface area contributed by atoms with Crippen LogP contribution in [-0.2, 0) is 14.3 Å². The Balaban J connectivity index is 2.22. The molecule has 0 aromatic rings. The van der Waals surface area contributed by atoms with Gasteiger partial charge in [0.15, 0.2) is 0 Å². The first-order chi connectivity index (χ1) is 9.02. The van der Waals surface area contributed by atoms with Gasteiger partial charge in [-0.2, -0.15) is 0 Å². The smallest absolute Gasteiger partial charge is 0.303 e. The fraction of sp³-hybridized carbons (Fsp3) is 0.846. The molecule has 0 aromatic heterocycles. The van der Waals surface area contributed by atoms with Gasteiger partial charge in [-0.25, -0.2) is 0 Å². The molecule has 1 fully saturated rings. The Labute approximate surface area is 114 Å². The van der Waals surface area contributed by atoms with Gasteiger partial charge in [-0.05, 0) is 26.2 Å². The van der Waals surface area contributed by atoms with Crippen molar-refractivity contribution in [1.29, 1.82) is 0 Å². The van der Waals surface area contributed by atoms with Crippen molar-refractivity contribution in [3.8, 4) is 0 Å². The van der Waals surface area contributed by atoms with Gasteiger partial charge in [0.2, 0.25) is 5.91 Å². The van der Waals surface area contributed by atoms with Crippen LogP contribution in [0.2, 0.25) is 0 Å². The molecule has 110 valence electrons. The van der Waals surface area contributed by atoms with E-state index in [9.17, 15) is 9.59 Å². The van der Waals surface area contributed by atoms with E-state index in [1.165, 1.54) is 7.11 Å². The molecule has 1 atom stereocenters. The van der Waals surface area contributed by atoms with Crippen LogP contribution in [0.15, 0.2) is 0 Å². The van der Waals surface area contributed by atoms with E-state index in [4.69, 9.17) is 9.84 Å². The summed E-state index contributed by atoms with van der Waals surface area (Å²) in [6.45, 7) is 3.63. The maximum absolute atomic E-state index is 11.6. The third-order valence-electron chi connectivity index (χ3n) is 3.43. The summed E-state index contributed by atoms with van der Waals surface area (Å²) in [6, 6.07) is 0.567. The van der Waals surface area contributed by atoms with E-state index in [1.54, 1.807) is 0 Å². The number of methoxy groups -OCH3 is 1. The molecule has 1 amide bonds. The zero-order valence-corrected chi connectivity index (χ0v) is 11.7. The summed E-state index contributed by atoms with van der Waals surface area (Å²) in [6.07, 6.45) is 2.65. The zero-order chi connectivity index (χ0) is 14.3. The van der Waals surface area contributed by atoms with Crippen LogP contribution in [-0.4, -0.2) is 60.8 Å². The molecule has 1 rings (SSSR count). The Hall–Kier alpha value is -1.14. The van der Waals surface area contributed by atoms with Crippen LogP contribution in [0.5, 0.6) is 0 Å². The highest BCUT2D eigenvalue weighted by molar-refractivity contribution is 5.77. The van der Waals surface area contributed by atoms with Crippen LogP contribution in [0.4, 0.5) is 0 Å². The Kier molecular flexibility index (Phi) is 6.80. The molecule has 0 bridgehead atoms. The molecule has 6 heteroatoms.